The number of aryl methyl sites for hydroxylation is 1. The van der Waals surface area contributed by atoms with Crippen LogP contribution in [0.15, 0.2) is 78.9 Å². The number of amides is 2. The first-order chi connectivity index (χ1) is 15.2. The number of carbonyl (C=O) groups is 2. The molecule has 0 fully saturated rings. The molecule has 5 nitrogen and oxygen atoms in total. The number of unbranched alkanes of at least 4 members (excludes halogenated alkanes) is 1. The zero-order valence-corrected chi connectivity index (χ0v) is 17.8. The lowest BCUT2D eigenvalue weighted by molar-refractivity contribution is -0.116. The number of rotatable bonds is 10. The third-order valence-corrected chi connectivity index (χ3v) is 4.77. The van der Waals surface area contributed by atoms with Crippen LogP contribution in [0.1, 0.15) is 42.1 Å². The molecule has 5 heteroatoms. The Kier molecular flexibility index (Phi) is 8.23. The first-order valence-corrected chi connectivity index (χ1v) is 10.6. The van der Waals surface area contributed by atoms with Crippen LogP contribution in [-0.4, -0.2) is 18.4 Å². The van der Waals surface area contributed by atoms with Crippen molar-refractivity contribution in [3.05, 3.63) is 90.0 Å². The third-order valence-electron chi connectivity index (χ3n) is 4.77. The summed E-state index contributed by atoms with van der Waals surface area (Å²) in [6, 6.07) is 24.2. The zero-order valence-electron chi connectivity index (χ0n) is 17.8. The van der Waals surface area contributed by atoms with Gasteiger partial charge in [0, 0.05) is 17.8 Å². The molecule has 0 spiro atoms. The van der Waals surface area contributed by atoms with E-state index < -0.39 is 0 Å². The van der Waals surface area contributed by atoms with Crippen LogP contribution in [0.5, 0.6) is 5.75 Å². The van der Waals surface area contributed by atoms with Crippen molar-refractivity contribution in [3.63, 3.8) is 0 Å². The number of anilines is 2. The summed E-state index contributed by atoms with van der Waals surface area (Å²) >= 11 is 0. The molecule has 0 aliphatic carbocycles. The van der Waals surface area contributed by atoms with Gasteiger partial charge in [-0.05, 0) is 48.7 Å². The average Bonchev–Trinajstić information content (AvgIpc) is 2.79. The Bertz CT molecular complexity index is 1000. The summed E-state index contributed by atoms with van der Waals surface area (Å²) in [6.45, 7) is 2.67. The van der Waals surface area contributed by atoms with Crippen molar-refractivity contribution in [1.29, 1.82) is 0 Å². The Morgan fingerprint density at radius 3 is 2.32 bits per heavy atom. The molecule has 2 N–H and O–H groups in total. The third kappa shape index (κ3) is 7.00. The van der Waals surface area contributed by atoms with Crippen molar-refractivity contribution in [1.82, 2.24) is 0 Å². The Morgan fingerprint density at radius 2 is 1.55 bits per heavy atom. The summed E-state index contributed by atoms with van der Waals surface area (Å²) in [7, 11) is 0. The summed E-state index contributed by atoms with van der Waals surface area (Å²) in [5.74, 6) is 0.250. The number of hydrogen-bond acceptors (Lipinski definition) is 3. The van der Waals surface area contributed by atoms with Gasteiger partial charge in [-0.1, -0.05) is 61.9 Å². The van der Waals surface area contributed by atoms with Gasteiger partial charge in [-0.3, -0.25) is 9.59 Å². The van der Waals surface area contributed by atoms with E-state index in [9.17, 15) is 9.59 Å². The summed E-state index contributed by atoms with van der Waals surface area (Å²) in [5.41, 5.74) is 2.85. The second-order valence-corrected chi connectivity index (χ2v) is 7.27. The van der Waals surface area contributed by atoms with Gasteiger partial charge in [-0.2, -0.15) is 0 Å². The van der Waals surface area contributed by atoms with Gasteiger partial charge in [-0.25, -0.2) is 0 Å². The van der Waals surface area contributed by atoms with Gasteiger partial charge in [0.2, 0.25) is 5.91 Å². The highest BCUT2D eigenvalue weighted by atomic mass is 16.5. The van der Waals surface area contributed by atoms with Gasteiger partial charge in [0.1, 0.15) is 5.75 Å². The van der Waals surface area contributed by atoms with Gasteiger partial charge in [-0.15, -0.1) is 0 Å². The molecule has 3 rings (SSSR count). The highest BCUT2D eigenvalue weighted by molar-refractivity contribution is 6.06. The summed E-state index contributed by atoms with van der Waals surface area (Å²) in [5, 5.41) is 5.79. The van der Waals surface area contributed by atoms with Gasteiger partial charge < -0.3 is 15.4 Å². The van der Waals surface area contributed by atoms with E-state index in [1.807, 2.05) is 42.5 Å². The van der Waals surface area contributed by atoms with Gasteiger partial charge in [0.25, 0.3) is 5.91 Å². The van der Waals surface area contributed by atoms with Gasteiger partial charge >= 0.3 is 0 Å². The number of para-hydroxylation sites is 1. The fraction of sp³-hybridized carbons (Fsp3) is 0.231. The quantitative estimate of drug-likeness (QED) is 0.417. The molecule has 0 saturated carbocycles. The normalized spacial score (nSPS) is 10.4. The average molecular weight is 417 g/mol. The first kappa shape index (κ1) is 22.1. The molecule has 0 saturated heterocycles. The van der Waals surface area contributed by atoms with Crippen LogP contribution in [0.25, 0.3) is 0 Å². The molecule has 0 bridgehead atoms. The minimum Gasteiger partial charge on any atom is -0.493 e. The first-order valence-electron chi connectivity index (χ1n) is 10.6. The number of carbonyl (C=O) groups excluding carboxylic acids is 2. The van der Waals surface area contributed by atoms with Crippen molar-refractivity contribution >= 4 is 23.2 Å². The molecule has 31 heavy (non-hydrogen) atoms. The van der Waals surface area contributed by atoms with E-state index >= 15 is 0 Å². The Morgan fingerprint density at radius 1 is 0.839 bits per heavy atom. The van der Waals surface area contributed by atoms with Crippen LogP contribution in [0, 0.1) is 0 Å². The van der Waals surface area contributed by atoms with Crippen molar-refractivity contribution in [2.75, 3.05) is 17.2 Å². The minimum absolute atomic E-state index is 0.0676. The van der Waals surface area contributed by atoms with Crippen LogP contribution in [0.2, 0.25) is 0 Å². The SMILES string of the molecule is CCCCOc1ccccc1C(=O)Nc1cccc(NC(=O)CCc2ccccc2)c1. The van der Waals surface area contributed by atoms with E-state index in [0.717, 1.165) is 18.4 Å². The maximum absolute atomic E-state index is 12.8. The molecular weight excluding hydrogens is 388 g/mol. The van der Waals surface area contributed by atoms with E-state index in [1.165, 1.54) is 0 Å². The van der Waals surface area contributed by atoms with Crippen molar-refractivity contribution in [2.45, 2.75) is 32.6 Å². The van der Waals surface area contributed by atoms with Crippen LogP contribution in [-0.2, 0) is 11.2 Å². The number of nitrogens with one attached hydrogen (secondary N) is 2. The fourth-order valence-electron chi connectivity index (χ4n) is 3.11. The number of benzene rings is 3. The predicted octanol–water partition coefficient (Wildman–Crippen LogP) is 5.69. The molecular formula is C26H28N2O3. The highest BCUT2D eigenvalue weighted by Gasteiger charge is 2.13. The van der Waals surface area contributed by atoms with Crippen molar-refractivity contribution < 1.29 is 14.3 Å². The molecule has 3 aromatic rings. The minimum atomic E-state index is -0.250. The van der Waals surface area contributed by atoms with E-state index in [0.29, 0.717) is 42.1 Å². The zero-order chi connectivity index (χ0) is 21.9. The molecule has 0 aliphatic rings. The second kappa shape index (κ2) is 11.6. The van der Waals surface area contributed by atoms with Gasteiger partial charge in [0.05, 0.1) is 12.2 Å². The molecule has 0 radical (unpaired) electrons. The molecule has 0 heterocycles. The van der Waals surface area contributed by atoms with E-state index in [-0.39, 0.29) is 11.8 Å². The Labute approximate surface area is 183 Å². The van der Waals surface area contributed by atoms with E-state index in [2.05, 4.69) is 17.6 Å². The molecule has 0 aliphatic heterocycles. The van der Waals surface area contributed by atoms with Crippen LogP contribution in [0.3, 0.4) is 0 Å². The number of hydrogen-bond donors (Lipinski definition) is 2. The lowest BCUT2D eigenvalue weighted by atomic mass is 10.1. The number of ether oxygens (including phenoxy) is 1. The van der Waals surface area contributed by atoms with Crippen molar-refractivity contribution in [3.8, 4) is 5.75 Å². The molecule has 3 aromatic carbocycles. The lowest BCUT2D eigenvalue weighted by Gasteiger charge is -2.12. The summed E-state index contributed by atoms with van der Waals surface area (Å²) in [4.78, 5) is 25.1. The summed E-state index contributed by atoms with van der Waals surface area (Å²) in [6.07, 6.45) is 3.03. The highest BCUT2D eigenvalue weighted by Crippen LogP contribution is 2.21. The van der Waals surface area contributed by atoms with Crippen molar-refractivity contribution in [2.24, 2.45) is 0 Å². The van der Waals surface area contributed by atoms with Gasteiger partial charge in [0.15, 0.2) is 0 Å². The maximum atomic E-state index is 12.8. The van der Waals surface area contributed by atoms with Crippen LogP contribution in [0.4, 0.5) is 11.4 Å². The lowest BCUT2D eigenvalue weighted by Crippen LogP contribution is -2.15. The Hall–Kier alpha value is -3.60. The molecule has 0 aromatic heterocycles. The second-order valence-electron chi connectivity index (χ2n) is 7.27. The molecule has 0 unspecified atom stereocenters. The molecule has 2 amide bonds. The smallest absolute Gasteiger partial charge is 0.259 e. The monoisotopic (exact) mass is 416 g/mol. The summed E-state index contributed by atoms with van der Waals surface area (Å²) < 4.78 is 5.76. The standard InChI is InChI=1S/C26H28N2O3/c1-2-3-18-31-24-15-8-7-14-23(24)26(30)28-22-13-9-12-21(19-22)27-25(29)17-16-20-10-5-4-6-11-20/h4-15,19H,2-3,16-18H2,1H3,(H,27,29)(H,28,30). The fourth-order valence-corrected chi connectivity index (χ4v) is 3.11. The van der Waals surface area contributed by atoms with E-state index in [1.54, 1.807) is 36.4 Å². The Balaban J connectivity index is 1.59. The van der Waals surface area contributed by atoms with Crippen LogP contribution < -0.4 is 15.4 Å². The van der Waals surface area contributed by atoms with Crippen LogP contribution >= 0.6 is 0 Å². The molecule has 0 atom stereocenters. The largest absolute Gasteiger partial charge is 0.493 e. The maximum Gasteiger partial charge on any atom is 0.259 e. The molecule has 160 valence electrons. The topological polar surface area (TPSA) is 67.4 Å². The predicted molar refractivity (Wildman–Crippen MR) is 125 cm³/mol. The van der Waals surface area contributed by atoms with E-state index in [4.69, 9.17) is 4.74 Å².